The molecule has 5 rings (SSSR count). The molecule has 8 heteroatoms. The van der Waals surface area contributed by atoms with Crippen LogP contribution in [0.2, 0.25) is 0 Å². The molecule has 1 aliphatic rings. The summed E-state index contributed by atoms with van der Waals surface area (Å²) in [5, 5.41) is 11.0. The molecule has 32 heavy (non-hydrogen) atoms. The van der Waals surface area contributed by atoms with Crippen LogP contribution in [0.1, 0.15) is 18.5 Å². The number of carbonyl (C=O) groups excluding carboxylic acids is 1. The fourth-order valence-corrected chi connectivity index (χ4v) is 4.01. The number of benzene rings is 2. The van der Waals surface area contributed by atoms with E-state index in [2.05, 4.69) is 31.5 Å². The first-order chi connectivity index (χ1) is 15.6. The lowest BCUT2D eigenvalue weighted by Crippen LogP contribution is -2.31. The fourth-order valence-electron chi connectivity index (χ4n) is 3.74. The van der Waals surface area contributed by atoms with Crippen LogP contribution in [0.3, 0.4) is 0 Å². The second kappa shape index (κ2) is 8.39. The van der Waals surface area contributed by atoms with Crippen molar-refractivity contribution in [3.8, 4) is 11.4 Å². The lowest BCUT2D eigenvalue weighted by molar-refractivity contribution is -0.113. The molecule has 0 spiro atoms. The number of amides is 1. The van der Waals surface area contributed by atoms with Gasteiger partial charge in [-0.2, -0.15) is 4.98 Å². The summed E-state index contributed by atoms with van der Waals surface area (Å²) < 4.78 is 2.73. The predicted octanol–water partition coefficient (Wildman–Crippen LogP) is 5.03. The van der Waals surface area contributed by atoms with Gasteiger partial charge in [0.1, 0.15) is 6.04 Å². The van der Waals surface area contributed by atoms with Gasteiger partial charge >= 0.3 is 0 Å². The summed E-state index contributed by atoms with van der Waals surface area (Å²) in [6.07, 6.45) is 3.28. The van der Waals surface area contributed by atoms with E-state index in [-0.39, 0.29) is 5.91 Å². The van der Waals surface area contributed by atoms with E-state index in [1.807, 2.05) is 61.5 Å². The van der Waals surface area contributed by atoms with Crippen molar-refractivity contribution in [3.05, 3.63) is 100 Å². The molecule has 4 aromatic rings. The Balaban J connectivity index is 1.60. The molecule has 7 nitrogen and oxygen atoms in total. The zero-order valence-electron chi connectivity index (χ0n) is 17.2. The maximum absolute atomic E-state index is 13.4. The number of nitrogens with zero attached hydrogens (tertiary/aromatic N) is 4. The molecule has 1 amide bonds. The van der Waals surface area contributed by atoms with Gasteiger partial charge in [0, 0.05) is 21.9 Å². The normalized spacial score (nSPS) is 15.1. The van der Waals surface area contributed by atoms with Gasteiger partial charge < -0.3 is 10.6 Å². The largest absolute Gasteiger partial charge is 0.328 e. The van der Waals surface area contributed by atoms with Gasteiger partial charge in [-0.25, -0.2) is 4.68 Å². The van der Waals surface area contributed by atoms with Gasteiger partial charge in [-0.1, -0.05) is 58.4 Å². The first kappa shape index (κ1) is 20.1. The van der Waals surface area contributed by atoms with Gasteiger partial charge in [-0.15, -0.1) is 5.10 Å². The Morgan fingerprint density at radius 3 is 2.56 bits per heavy atom. The quantitative estimate of drug-likeness (QED) is 0.422. The van der Waals surface area contributed by atoms with Crippen LogP contribution in [-0.4, -0.2) is 25.7 Å². The minimum absolute atomic E-state index is 0.224. The highest BCUT2D eigenvalue weighted by Gasteiger charge is 2.34. The van der Waals surface area contributed by atoms with Gasteiger partial charge in [0.15, 0.2) is 5.82 Å². The van der Waals surface area contributed by atoms with E-state index in [1.165, 1.54) is 0 Å². The summed E-state index contributed by atoms with van der Waals surface area (Å²) in [6.45, 7) is 1.88. The van der Waals surface area contributed by atoms with Crippen molar-refractivity contribution in [2.24, 2.45) is 0 Å². The Labute approximate surface area is 193 Å². The van der Waals surface area contributed by atoms with Crippen LogP contribution in [-0.2, 0) is 4.79 Å². The van der Waals surface area contributed by atoms with E-state index in [0.717, 1.165) is 21.3 Å². The molecule has 2 aromatic carbocycles. The summed E-state index contributed by atoms with van der Waals surface area (Å²) in [4.78, 5) is 22.2. The minimum atomic E-state index is -0.444. The molecule has 2 N–H and O–H groups in total. The number of pyridine rings is 1. The highest BCUT2D eigenvalue weighted by Crippen LogP contribution is 2.37. The fraction of sp³-hybridized carbons (Fsp3) is 0.0833. The number of hydrogen-bond acceptors (Lipinski definition) is 5. The second-order valence-corrected chi connectivity index (χ2v) is 8.30. The van der Waals surface area contributed by atoms with Gasteiger partial charge in [-0.3, -0.25) is 9.78 Å². The minimum Gasteiger partial charge on any atom is -0.328 e. The number of fused-ring (bicyclic) bond motifs is 1. The lowest BCUT2D eigenvalue weighted by Gasteiger charge is -2.28. The van der Waals surface area contributed by atoms with Crippen LogP contribution in [0.25, 0.3) is 11.4 Å². The number of nitrogens with one attached hydrogen (secondary N) is 2. The number of allylic oxidation sites excluding steroid dienone is 1. The number of anilines is 2. The maximum Gasteiger partial charge on any atom is 0.255 e. The van der Waals surface area contributed by atoms with Gasteiger partial charge in [0.05, 0.1) is 17.5 Å². The van der Waals surface area contributed by atoms with Crippen LogP contribution in [0, 0.1) is 0 Å². The molecule has 0 radical (unpaired) electrons. The van der Waals surface area contributed by atoms with Gasteiger partial charge in [0.2, 0.25) is 5.95 Å². The zero-order chi connectivity index (χ0) is 22.1. The third-order valence-corrected chi connectivity index (χ3v) is 5.76. The van der Waals surface area contributed by atoms with E-state index >= 15 is 0 Å². The molecule has 0 aliphatic carbocycles. The summed E-state index contributed by atoms with van der Waals surface area (Å²) >= 11 is 3.49. The Morgan fingerprint density at radius 1 is 1.06 bits per heavy atom. The average Bonchev–Trinajstić information content (AvgIpc) is 3.23. The number of halogens is 1. The highest BCUT2D eigenvalue weighted by molar-refractivity contribution is 9.10. The summed E-state index contributed by atoms with van der Waals surface area (Å²) in [6, 6.07) is 20.8. The van der Waals surface area contributed by atoms with Crippen molar-refractivity contribution in [2.75, 3.05) is 10.6 Å². The molecule has 1 aliphatic heterocycles. The van der Waals surface area contributed by atoms with E-state index in [4.69, 9.17) is 10.1 Å². The van der Waals surface area contributed by atoms with Crippen molar-refractivity contribution < 1.29 is 4.79 Å². The van der Waals surface area contributed by atoms with Crippen molar-refractivity contribution in [1.29, 1.82) is 0 Å². The zero-order valence-corrected chi connectivity index (χ0v) is 18.7. The molecule has 2 aromatic heterocycles. The Bertz CT molecular complexity index is 1300. The molecule has 0 bridgehead atoms. The third-order valence-electron chi connectivity index (χ3n) is 5.23. The first-order valence-corrected chi connectivity index (χ1v) is 10.9. The molecule has 158 valence electrons. The van der Waals surface area contributed by atoms with Crippen molar-refractivity contribution >= 4 is 33.5 Å². The summed E-state index contributed by atoms with van der Waals surface area (Å²) in [5.74, 6) is 0.961. The van der Waals surface area contributed by atoms with E-state index in [0.29, 0.717) is 23.0 Å². The highest BCUT2D eigenvalue weighted by atomic mass is 79.9. The van der Waals surface area contributed by atoms with E-state index in [1.54, 1.807) is 29.2 Å². The third kappa shape index (κ3) is 3.80. The first-order valence-electron chi connectivity index (χ1n) is 10.1. The maximum atomic E-state index is 13.4. The number of rotatable bonds is 4. The molecule has 1 unspecified atom stereocenters. The average molecular weight is 487 g/mol. The number of aromatic nitrogens is 4. The number of carbonyl (C=O) groups is 1. The monoisotopic (exact) mass is 486 g/mol. The smallest absolute Gasteiger partial charge is 0.255 e. The van der Waals surface area contributed by atoms with Crippen LogP contribution in [0.4, 0.5) is 11.6 Å². The topological polar surface area (TPSA) is 84.7 Å². The Hall–Kier alpha value is -3.78. The summed E-state index contributed by atoms with van der Waals surface area (Å²) in [7, 11) is 0. The van der Waals surface area contributed by atoms with Crippen LogP contribution in [0.15, 0.2) is 94.9 Å². The number of hydrogen-bond donors (Lipinski definition) is 2. The van der Waals surface area contributed by atoms with E-state index < -0.39 is 6.04 Å². The molecule has 0 fully saturated rings. The standard InChI is InChI=1S/C24H19BrN6O/c1-15-20(23(32)28-19-8-5-13-26-14-19)21(16-9-11-18(25)12-10-16)31-24(27-15)29-22(30-31)17-6-3-2-4-7-17/h2-14,21H,1H3,(H,28,32)(H,27,29,30). The van der Waals surface area contributed by atoms with Crippen molar-refractivity contribution in [3.63, 3.8) is 0 Å². The van der Waals surface area contributed by atoms with E-state index in [9.17, 15) is 4.79 Å². The van der Waals surface area contributed by atoms with Crippen LogP contribution in [0.5, 0.6) is 0 Å². The van der Waals surface area contributed by atoms with Gasteiger partial charge in [0.25, 0.3) is 5.91 Å². The van der Waals surface area contributed by atoms with Crippen molar-refractivity contribution in [2.45, 2.75) is 13.0 Å². The molecule has 0 saturated heterocycles. The second-order valence-electron chi connectivity index (χ2n) is 7.38. The Kier molecular flexibility index (Phi) is 5.28. The SMILES string of the molecule is CC1=C(C(=O)Nc2cccnc2)C(c2ccc(Br)cc2)n2nc(-c3ccccc3)nc2N1. The van der Waals surface area contributed by atoms with Crippen molar-refractivity contribution in [1.82, 2.24) is 19.7 Å². The van der Waals surface area contributed by atoms with Crippen LogP contribution >= 0.6 is 15.9 Å². The van der Waals surface area contributed by atoms with Crippen LogP contribution < -0.4 is 10.6 Å². The molecular weight excluding hydrogens is 468 g/mol. The Morgan fingerprint density at radius 2 is 1.84 bits per heavy atom. The molecule has 1 atom stereocenters. The molecular formula is C24H19BrN6O. The van der Waals surface area contributed by atoms with Gasteiger partial charge in [-0.05, 0) is 36.8 Å². The lowest BCUT2D eigenvalue weighted by atomic mass is 9.95. The predicted molar refractivity (Wildman–Crippen MR) is 127 cm³/mol. The molecule has 0 saturated carbocycles. The molecule has 3 heterocycles. The summed E-state index contributed by atoms with van der Waals surface area (Å²) in [5.41, 5.74) is 3.75.